The first-order valence-corrected chi connectivity index (χ1v) is 12.8. The highest BCUT2D eigenvalue weighted by atomic mass is 16.5. The molecular formula is C29H33NO5. The normalized spacial score (nSPS) is 38.5. The van der Waals surface area contributed by atoms with Crippen molar-refractivity contribution in [1.82, 2.24) is 0 Å². The maximum Gasteiger partial charge on any atom is 0.338 e. The van der Waals surface area contributed by atoms with Gasteiger partial charge in [0.25, 0.3) is 0 Å². The van der Waals surface area contributed by atoms with Crippen LogP contribution in [0.4, 0.5) is 0 Å². The van der Waals surface area contributed by atoms with E-state index in [0.717, 1.165) is 31.1 Å². The van der Waals surface area contributed by atoms with Gasteiger partial charge in [0.1, 0.15) is 11.7 Å². The number of benzene rings is 1. The van der Waals surface area contributed by atoms with Gasteiger partial charge < -0.3 is 14.6 Å². The van der Waals surface area contributed by atoms with Gasteiger partial charge in [-0.25, -0.2) is 4.79 Å². The molecule has 0 amide bonds. The molecule has 0 heterocycles. The summed E-state index contributed by atoms with van der Waals surface area (Å²) in [6, 6.07) is 8.41. The number of nitriles is 1. The molecule has 35 heavy (non-hydrogen) atoms. The molecule has 184 valence electrons. The number of ether oxygens (including phenoxy) is 1. The number of carboxylic acid groups (broad SMARTS) is 1. The van der Waals surface area contributed by atoms with Gasteiger partial charge in [-0.3, -0.25) is 4.79 Å². The molecule has 1 N–H and O–H groups in total. The number of esters is 1. The fourth-order valence-electron chi connectivity index (χ4n) is 8.96. The van der Waals surface area contributed by atoms with Crippen LogP contribution in [0.15, 0.2) is 35.9 Å². The molecule has 4 bridgehead atoms. The number of hydrogen-bond donors (Lipinski definition) is 1. The zero-order valence-corrected chi connectivity index (χ0v) is 20.6. The van der Waals surface area contributed by atoms with Gasteiger partial charge in [-0.2, -0.15) is 5.26 Å². The number of allylic oxidation sites excluding steroid dienone is 1. The van der Waals surface area contributed by atoms with Crippen molar-refractivity contribution in [3.05, 3.63) is 47.0 Å². The highest BCUT2D eigenvalue weighted by Crippen LogP contribution is 2.83. The van der Waals surface area contributed by atoms with E-state index < -0.39 is 28.2 Å². The summed E-state index contributed by atoms with van der Waals surface area (Å²) in [5, 5.41) is 20.1. The Kier molecular flexibility index (Phi) is 5.47. The summed E-state index contributed by atoms with van der Waals surface area (Å²) in [5.41, 5.74) is -1.23. The highest BCUT2D eigenvalue weighted by molar-refractivity contribution is 5.91. The second kappa shape index (κ2) is 8.05. The lowest BCUT2D eigenvalue weighted by atomic mass is 9.42. The number of carboxylic acids is 1. The minimum Gasteiger partial charge on any atom is -0.481 e. The minimum absolute atomic E-state index is 0.0142. The van der Waals surface area contributed by atoms with E-state index in [1.807, 2.05) is 19.9 Å². The Balaban J connectivity index is 1.52. The Morgan fingerprint density at radius 1 is 1.29 bits per heavy atom. The van der Waals surface area contributed by atoms with Crippen LogP contribution in [0.5, 0.6) is 0 Å². The SMILES string of the molecule is CC(C)C1=CC2CC3(C=O)C4CC[C@@H](C)C4CC2(CCOC(=O)c2cccc(C#N)c2)C13C(=O)O. The Hall–Kier alpha value is -2.94. The molecule has 3 saturated carbocycles. The smallest absolute Gasteiger partial charge is 0.338 e. The van der Waals surface area contributed by atoms with Gasteiger partial charge in [0, 0.05) is 5.41 Å². The number of carbonyl (C=O) groups is 3. The van der Waals surface area contributed by atoms with E-state index in [1.165, 1.54) is 6.07 Å². The lowest BCUT2D eigenvalue weighted by Crippen LogP contribution is -2.62. The second-order valence-electron chi connectivity index (χ2n) is 11.6. The van der Waals surface area contributed by atoms with Crippen LogP contribution in [0.2, 0.25) is 0 Å². The largest absolute Gasteiger partial charge is 0.481 e. The van der Waals surface area contributed by atoms with Crippen molar-refractivity contribution in [1.29, 1.82) is 5.26 Å². The molecule has 5 rings (SSSR count). The van der Waals surface area contributed by atoms with Gasteiger partial charge in [-0.1, -0.05) is 44.9 Å². The Morgan fingerprint density at radius 3 is 2.71 bits per heavy atom. The summed E-state index contributed by atoms with van der Waals surface area (Å²) in [6.07, 6.45) is 6.82. The number of carbonyl (C=O) groups excluding carboxylic acids is 2. The molecule has 7 atom stereocenters. The summed E-state index contributed by atoms with van der Waals surface area (Å²) < 4.78 is 5.67. The minimum atomic E-state index is -1.25. The van der Waals surface area contributed by atoms with Crippen molar-refractivity contribution in [3.63, 3.8) is 0 Å². The van der Waals surface area contributed by atoms with E-state index in [0.29, 0.717) is 35.8 Å². The Labute approximate surface area is 206 Å². The number of hydrogen-bond acceptors (Lipinski definition) is 5. The molecule has 1 aromatic carbocycles. The average Bonchev–Trinajstić information content (AvgIpc) is 3.41. The summed E-state index contributed by atoms with van der Waals surface area (Å²) in [7, 11) is 0. The number of fused-ring (bicyclic) bond motifs is 2. The van der Waals surface area contributed by atoms with Crippen LogP contribution in [0.25, 0.3) is 0 Å². The van der Waals surface area contributed by atoms with Crippen molar-refractivity contribution in [2.24, 2.45) is 45.8 Å². The van der Waals surface area contributed by atoms with E-state index in [4.69, 9.17) is 10.00 Å². The predicted molar refractivity (Wildman–Crippen MR) is 128 cm³/mol. The van der Waals surface area contributed by atoms with E-state index in [-0.39, 0.29) is 24.4 Å². The molecule has 4 aliphatic carbocycles. The monoisotopic (exact) mass is 475 g/mol. The third kappa shape index (κ3) is 2.84. The quantitative estimate of drug-likeness (QED) is 0.337. The standard InChI is InChI=1S/C29H33NO5/c1-17(2)24-12-21-13-28(16-31)23-8-7-18(3)22(23)14-27(21,29(24,28)26(33)34)9-10-35-25(32)20-6-4-5-19(11-20)15-30/h4-6,11-12,16-18,21-23H,7-10,13-14H2,1-3H3,(H,33,34)/t18-,21?,22?,23?,27?,28?,29?/m1/s1. The van der Waals surface area contributed by atoms with Crippen molar-refractivity contribution in [2.75, 3.05) is 6.61 Å². The number of aliphatic carboxylic acids is 1. The lowest BCUT2D eigenvalue weighted by molar-refractivity contribution is -0.181. The van der Waals surface area contributed by atoms with Crippen molar-refractivity contribution in [3.8, 4) is 6.07 Å². The highest BCUT2D eigenvalue weighted by Gasteiger charge is 2.83. The predicted octanol–water partition coefficient (Wildman–Crippen LogP) is 5.03. The van der Waals surface area contributed by atoms with Crippen LogP contribution in [-0.2, 0) is 14.3 Å². The van der Waals surface area contributed by atoms with Crippen LogP contribution in [-0.4, -0.2) is 29.9 Å². The molecular weight excluding hydrogens is 442 g/mol. The third-order valence-electron chi connectivity index (χ3n) is 10.1. The summed E-state index contributed by atoms with van der Waals surface area (Å²) in [6.45, 7) is 6.36. The first kappa shape index (κ1) is 23.8. The van der Waals surface area contributed by atoms with E-state index in [2.05, 4.69) is 13.0 Å². The van der Waals surface area contributed by atoms with E-state index in [1.54, 1.807) is 18.2 Å². The zero-order valence-electron chi connectivity index (χ0n) is 20.6. The van der Waals surface area contributed by atoms with Crippen LogP contribution in [0.3, 0.4) is 0 Å². The zero-order chi connectivity index (χ0) is 25.2. The van der Waals surface area contributed by atoms with Crippen molar-refractivity contribution in [2.45, 2.75) is 52.9 Å². The molecule has 6 unspecified atom stereocenters. The fraction of sp³-hybridized carbons (Fsp3) is 0.586. The number of aldehydes is 1. The average molecular weight is 476 g/mol. The molecule has 6 heteroatoms. The first-order chi connectivity index (χ1) is 16.7. The fourth-order valence-corrected chi connectivity index (χ4v) is 8.96. The van der Waals surface area contributed by atoms with Crippen molar-refractivity contribution < 1.29 is 24.2 Å². The molecule has 3 fully saturated rings. The van der Waals surface area contributed by atoms with Gasteiger partial charge >= 0.3 is 11.9 Å². The van der Waals surface area contributed by atoms with Crippen LogP contribution in [0, 0.1) is 57.2 Å². The Morgan fingerprint density at radius 2 is 2.06 bits per heavy atom. The molecule has 0 aliphatic heterocycles. The van der Waals surface area contributed by atoms with Gasteiger partial charge in [-0.15, -0.1) is 0 Å². The molecule has 0 aromatic heterocycles. The van der Waals surface area contributed by atoms with Crippen molar-refractivity contribution >= 4 is 18.2 Å². The molecule has 4 aliphatic rings. The maximum absolute atomic E-state index is 13.4. The molecule has 1 aromatic rings. The van der Waals surface area contributed by atoms with Gasteiger partial charge in [0.05, 0.1) is 29.2 Å². The summed E-state index contributed by atoms with van der Waals surface area (Å²) >= 11 is 0. The van der Waals surface area contributed by atoms with Crippen LogP contribution >= 0.6 is 0 Å². The molecule has 0 spiro atoms. The van der Waals surface area contributed by atoms with Gasteiger partial charge in [0.2, 0.25) is 0 Å². The maximum atomic E-state index is 13.4. The Bertz CT molecular complexity index is 1160. The van der Waals surface area contributed by atoms with Gasteiger partial charge in [-0.05, 0) is 73.5 Å². The summed E-state index contributed by atoms with van der Waals surface area (Å²) in [4.78, 5) is 39.2. The van der Waals surface area contributed by atoms with Gasteiger partial charge in [0.15, 0.2) is 0 Å². The molecule has 6 nitrogen and oxygen atoms in total. The summed E-state index contributed by atoms with van der Waals surface area (Å²) in [5.74, 6) is -0.573. The number of nitrogens with zero attached hydrogens (tertiary/aromatic N) is 1. The molecule has 0 saturated heterocycles. The van der Waals surface area contributed by atoms with Crippen LogP contribution in [0.1, 0.15) is 68.8 Å². The topological polar surface area (TPSA) is 104 Å². The third-order valence-corrected chi connectivity index (χ3v) is 10.1. The van der Waals surface area contributed by atoms with E-state index in [9.17, 15) is 19.5 Å². The first-order valence-electron chi connectivity index (χ1n) is 12.8. The second-order valence-corrected chi connectivity index (χ2v) is 11.6. The number of rotatable bonds is 7. The van der Waals surface area contributed by atoms with Crippen LogP contribution < -0.4 is 0 Å². The van der Waals surface area contributed by atoms with E-state index >= 15 is 0 Å². The lowest BCUT2D eigenvalue weighted by Gasteiger charge is -2.58. The molecule has 0 radical (unpaired) electrons.